The summed E-state index contributed by atoms with van der Waals surface area (Å²) in [5, 5.41) is 9.31. The Hall–Kier alpha value is -0.480. The molecule has 4 unspecified atom stereocenters. The molecule has 86 valence electrons. The van der Waals surface area contributed by atoms with Gasteiger partial charge in [0, 0.05) is 5.92 Å². The smallest absolute Gasteiger partial charge is 0.137 e. The lowest BCUT2D eigenvalue weighted by molar-refractivity contribution is -0.0536. The van der Waals surface area contributed by atoms with E-state index in [-0.39, 0.29) is 0 Å². The highest BCUT2D eigenvalue weighted by Gasteiger charge is 2.59. The van der Waals surface area contributed by atoms with Crippen LogP contribution >= 0.6 is 11.6 Å². The van der Waals surface area contributed by atoms with Crippen molar-refractivity contribution in [2.24, 2.45) is 23.2 Å². The summed E-state index contributed by atoms with van der Waals surface area (Å²) in [6, 6.07) is 2.37. The third-order valence-corrected chi connectivity index (χ3v) is 5.96. The molecular formula is C14H18ClN. The summed E-state index contributed by atoms with van der Waals surface area (Å²) >= 11 is 6.51. The Bertz CT molecular complexity index is 403. The van der Waals surface area contributed by atoms with Gasteiger partial charge < -0.3 is 0 Å². The number of allylic oxidation sites excluding steroid dienone is 2. The van der Waals surface area contributed by atoms with Crippen LogP contribution < -0.4 is 0 Å². The lowest BCUT2D eigenvalue weighted by Gasteiger charge is -2.62. The molecule has 0 aromatic heterocycles. The van der Waals surface area contributed by atoms with Gasteiger partial charge in [0.05, 0.1) is 6.07 Å². The zero-order chi connectivity index (χ0) is 11.6. The van der Waals surface area contributed by atoms with E-state index in [4.69, 9.17) is 11.6 Å². The SMILES string of the molecule is CC1(C)C2CC3C(=CCCC3(Cl)C#N)C1C2. The van der Waals surface area contributed by atoms with Crippen LogP contribution in [0.2, 0.25) is 0 Å². The fourth-order valence-electron chi connectivity index (χ4n) is 4.14. The van der Waals surface area contributed by atoms with E-state index in [2.05, 4.69) is 26.0 Å². The van der Waals surface area contributed by atoms with Gasteiger partial charge >= 0.3 is 0 Å². The summed E-state index contributed by atoms with van der Waals surface area (Å²) in [5.74, 6) is 1.82. The first-order chi connectivity index (χ1) is 7.49. The minimum Gasteiger partial charge on any atom is -0.196 e. The summed E-state index contributed by atoms with van der Waals surface area (Å²) in [5.41, 5.74) is 1.96. The molecule has 2 heteroatoms. The number of hydrogen-bond acceptors (Lipinski definition) is 1. The van der Waals surface area contributed by atoms with Crippen LogP contribution in [-0.4, -0.2) is 4.87 Å². The van der Waals surface area contributed by atoms with Gasteiger partial charge in [0.2, 0.25) is 0 Å². The molecule has 0 radical (unpaired) electrons. The van der Waals surface area contributed by atoms with Crippen LogP contribution in [0.15, 0.2) is 11.6 Å². The maximum atomic E-state index is 9.31. The topological polar surface area (TPSA) is 23.8 Å². The second kappa shape index (κ2) is 3.05. The molecule has 0 amide bonds. The molecule has 1 nitrogen and oxygen atoms in total. The van der Waals surface area contributed by atoms with Crippen molar-refractivity contribution in [2.75, 3.05) is 0 Å². The summed E-state index contributed by atoms with van der Waals surface area (Å²) < 4.78 is 0. The average molecular weight is 236 g/mol. The monoisotopic (exact) mass is 235 g/mol. The van der Waals surface area contributed by atoms with Crippen LogP contribution in [0.5, 0.6) is 0 Å². The van der Waals surface area contributed by atoms with E-state index in [0.717, 1.165) is 25.2 Å². The summed E-state index contributed by atoms with van der Waals surface area (Å²) in [6.07, 6.45) is 6.66. The van der Waals surface area contributed by atoms with E-state index in [1.54, 1.807) is 0 Å². The molecule has 0 N–H and O–H groups in total. The van der Waals surface area contributed by atoms with E-state index >= 15 is 0 Å². The molecule has 4 atom stereocenters. The molecule has 4 rings (SSSR count). The van der Waals surface area contributed by atoms with Crippen LogP contribution in [0.4, 0.5) is 0 Å². The summed E-state index contributed by atoms with van der Waals surface area (Å²) in [7, 11) is 0. The largest absolute Gasteiger partial charge is 0.196 e. The fraction of sp³-hybridized carbons (Fsp3) is 0.786. The second-order valence-electron chi connectivity index (χ2n) is 6.31. The van der Waals surface area contributed by atoms with E-state index in [0.29, 0.717) is 17.3 Å². The van der Waals surface area contributed by atoms with Crippen molar-refractivity contribution in [1.82, 2.24) is 0 Å². The number of nitriles is 1. The molecule has 3 saturated carbocycles. The van der Waals surface area contributed by atoms with Crippen molar-refractivity contribution >= 4 is 11.6 Å². The van der Waals surface area contributed by atoms with E-state index in [1.165, 1.54) is 12.0 Å². The molecule has 0 aromatic carbocycles. The normalized spacial score (nSPS) is 48.4. The quantitative estimate of drug-likeness (QED) is 0.462. The predicted octanol–water partition coefficient (Wildman–Crippen LogP) is 3.89. The minimum atomic E-state index is -0.600. The zero-order valence-electron chi connectivity index (χ0n) is 9.96. The Kier molecular flexibility index (Phi) is 2.03. The van der Waals surface area contributed by atoms with E-state index in [9.17, 15) is 5.26 Å². The number of rotatable bonds is 0. The first kappa shape index (κ1) is 10.7. The Labute approximate surface area is 102 Å². The van der Waals surface area contributed by atoms with E-state index < -0.39 is 4.87 Å². The molecule has 0 heterocycles. The van der Waals surface area contributed by atoms with Crippen molar-refractivity contribution in [2.45, 2.75) is 44.4 Å². The van der Waals surface area contributed by atoms with Gasteiger partial charge in [-0.15, -0.1) is 11.6 Å². The maximum absolute atomic E-state index is 9.31. The van der Waals surface area contributed by atoms with Gasteiger partial charge in [0.25, 0.3) is 0 Å². The highest BCUT2D eigenvalue weighted by molar-refractivity contribution is 6.26. The van der Waals surface area contributed by atoms with Gasteiger partial charge in [0.15, 0.2) is 0 Å². The van der Waals surface area contributed by atoms with Gasteiger partial charge in [0.1, 0.15) is 4.87 Å². The highest BCUT2D eigenvalue weighted by atomic mass is 35.5. The zero-order valence-corrected chi connectivity index (χ0v) is 10.7. The van der Waals surface area contributed by atoms with Crippen LogP contribution in [0.3, 0.4) is 0 Å². The van der Waals surface area contributed by atoms with Crippen LogP contribution in [0.25, 0.3) is 0 Å². The number of halogens is 1. The Morgan fingerprint density at radius 3 is 2.69 bits per heavy atom. The number of nitrogens with zero attached hydrogens (tertiary/aromatic N) is 1. The Balaban J connectivity index is 1.99. The average Bonchev–Trinajstić information content (AvgIpc) is 2.28. The standard InChI is InChI=1S/C14H18ClN/c1-13(2)9-6-11(13)10-4-3-5-14(15,8-16)12(10)7-9/h4,9,11-12H,3,5-7H2,1-2H3. The molecule has 0 aliphatic heterocycles. The lowest BCUT2D eigenvalue weighted by atomic mass is 9.43. The van der Waals surface area contributed by atoms with Gasteiger partial charge in [-0.3, -0.25) is 0 Å². The van der Waals surface area contributed by atoms with Crippen LogP contribution in [-0.2, 0) is 0 Å². The minimum absolute atomic E-state index is 0.338. The Morgan fingerprint density at radius 2 is 2.06 bits per heavy atom. The summed E-state index contributed by atoms with van der Waals surface area (Å²) in [6.45, 7) is 4.75. The molecule has 0 aromatic rings. The van der Waals surface area contributed by atoms with E-state index in [1.807, 2.05) is 0 Å². The van der Waals surface area contributed by atoms with Crippen molar-refractivity contribution in [3.63, 3.8) is 0 Å². The first-order valence-corrected chi connectivity index (χ1v) is 6.67. The van der Waals surface area contributed by atoms with Gasteiger partial charge in [-0.25, -0.2) is 0 Å². The predicted molar refractivity (Wildman–Crippen MR) is 65.0 cm³/mol. The first-order valence-electron chi connectivity index (χ1n) is 6.29. The van der Waals surface area contributed by atoms with Crippen LogP contribution in [0, 0.1) is 34.5 Å². The molecular weight excluding hydrogens is 218 g/mol. The fourth-order valence-corrected chi connectivity index (χ4v) is 4.46. The lowest BCUT2D eigenvalue weighted by Crippen LogP contribution is -2.56. The van der Waals surface area contributed by atoms with Crippen molar-refractivity contribution in [3.8, 4) is 6.07 Å². The molecule has 0 spiro atoms. The third-order valence-electron chi connectivity index (χ3n) is 5.42. The maximum Gasteiger partial charge on any atom is 0.137 e. The highest BCUT2D eigenvalue weighted by Crippen LogP contribution is 2.66. The number of hydrogen-bond donors (Lipinski definition) is 0. The molecule has 0 saturated heterocycles. The summed E-state index contributed by atoms with van der Waals surface area (Å²) in [4.78, 5) is -0.600. The van der Waals surface area contributed by atoms with Crippen molar-refractivity contribution in [3.05, 3.63) is 11.6 Å². The molecule has 16 heavy (non-hydrogen) atoms. The van der Waals surface area contributed by atoms with Crippen molar-refractivity contribution < 1.29 is 0 Å². The molecule has 4 aliphatic carbocycles. The van der Waals surface area contributed by atoms with Gasteiger partial charge in [-0.05, 0) is 42.9 Å². The molecule has 3 fully saturated rings. The van der Waals surface area contributed by atoms with Crippen molar-refractivity contribution in [1.29, 1.82) is 5.26 Å². The molecule has 2 bridgehead atoms. The van der Waals surface area contributed by atoms with Crippen LogP contribution in [0.1, 0.15) is 39.5 Å². The molecule has 4 aliphatic rings. The number of alkyl halides is 1. The van der Waals surface area contributed by atoms with Gasteiger partial charge in [-0.2, -0.15) is 5.26 Å². The third kappa shape index (κ3) is 1.12. The van der Waals surface area contributed by atoms with Gasteiger partial charge in [-0.1, -0.05) is 25.5 Å². The Morgan fingerprint density at radius 1 is 1.38 bits per heavy atom. The second-order valence-corrected chi connectivity index (χ2v) is 6.99.